The molecule has 0 fully saturated rings. The summed E-state index contributed by atoms with van der Waals surface area (Å²) in [5, 5.41) is 16.4. The van der Waals surface area contributed by atoms with Gasteiger partial charge in [0.2, 0.25) is 5.91 Å². The number of aliphatic carboxylic acids is 1. The zero-order chi connectivity index (χ0) is 16.8. The third-order valence-electron chi connectivity index (χ3n) is 3.20. The van der Waals surface area contributed by atoms with Crippen molar-refractivity contribution in [3.8, 4) is 0 Å². The van der Waals surface area contributed by atoms with Gasteiger partial charge in [-0.15, -0.1) is 0 Å². The maximum atomic E-state index is 12.1. The molecule has 0 aliphatic rings. The summed E-state index contributed by atoms with van der Waals surface area (Å²) in [4.78, 5) is 23.1. The average Bonchev–Trinajstić information content (AvgIpc) is 2.94. The number of carboxylic acid groups (broad SMARTS) is 1. The fourth-order valence-electron chi connectivity index (χ4n) is 2.19. The summed E-state index contributed by atoms with van der Waals surface area (Å²) in [6.45, 7) is 0. The van der Waals surface area contributed by atoms with Crippen LogP contribution in [0, 0.1) is 0 Å². The number of hydrogen-bond acceptors (Lipinski definition) is 3. The highest BCUT2D eigenvalue weighted by Crippen LogP contribution is 2.23. The molecule has 1 amide bonds. The van der Waals surface area contributed by atoms with Crippen molar-refractivity contribution in [2.75, 3.05) is 0 Å². The van der Waals surface area contributed by atoms with E-state index < -0.39 is 12.0 Å². The van der Waals surface area contributed by atoms with Crippen molar-refractivity contribution in [3.05, 3.63) is 56.2 Å². The molecule has 1 aromatic carbocycles. The molecule has 0 bridgehead atoms. The lowest BCUT2D eigenvalue weighted by Gasteiger charge is -2.17. The maximum Gasteiger partial charge on any atom is 0.305 e. The van der Waals surface area contributed by atoms with E-state index >= 15 is 0 Å². The fraction of sp³-hybridized carbons (Fsp3) is 0.250. The van der Waals surface area contributed by atoms with Crippen molar-refractivity contribution >= 4 is 46.4 Å². The fourth-order valence-corrected chi connectivity index (χ4v) is 3.18. The van der Waals surface area contributed by atoms with Gasteiger partial charge < -0.3 is 10.4 Å². The molecule has 0 aliphatic carbocycles. The van der Waals surface area contributed by atoms with E-state index in [4.69, 9.17) is 28.3 Å². The summed E-state index contributed by atoms with van der Waals surface area (Å²) in [6, 6.07) is 6.48. The van der Waals surface area contributed by atoms with Gasteiger partial charge in [0.25, 0.3) is 0 Å². The van der Waals surface area contributed by atoms with Crippen molar-refractivity contribution in [2.45, 2.75) is 25.3 Å². The van der Waals surface area contributed by atoms with Gasteiger partial charge >= 0.3 is 5.97 Å². The third-order valence-corrected chi connectivity index (χ3v) is 4.67. The Morgan fingerprint density at radius 2 is 1.96 bits per heavy atom. The number of nitrogens with one attached hydrogen (secondary N) is 1. The van der Waals surface area contributed by atoms with Gasteiger partial charge in [0.05, 0.1) is 22.9 Å². The highest BCUT2D eigenvalue weighted by Gasteiger charge is 2.17. The second-order valence-corrected chi connectivity index (χ2v) is 6.72. The first kappa shape index (κ1) is 17.8. The Morgan fingerprint density at radius 1 is 1.17 bits per heavy atom. The number of rotatable bonds is 7. The number of thiophene rings is 1. The largest absolute Gasteiger partial charge is 0.481 e. The Balaban J connectivity index is 2.02. The van der Waals surface area contributed by atoms with Crippen molar-refractivity contribution in [2.24, 2.45) is 0 Å². The minimum Gasteiger partial charge on any atom is -0.481 e. The zero-order valence-electron chi connectivity index (χ0n) is 12.1. The second kappa shape index (κ2) is 8.34. The van der Waals surface area contributed by atoms with E-state index in [2.05, 4.69) is 5.32 Å². The average molecular weight is 372 g/mol. The van der Waals surface area contributed by atoms with E-state index in [9.17, 15) is 9.59 Å². The van der Waals surface area contributed by atoms with Crippen LogP contribution in [0.5, 0.6) is 0 Å². The second-order valence-electron chi connectivity index (χ2n) is 5.12. The van der Waals surface area contributed by atoms with Gasteiger partial charge in [-0.2, -0.15) is 11.3 Å². The first-order valence-corrected chi connectivity index (χ1v) is 8.60. The SMILES string of the molecule is O=C(O)C[C@H](Cc1ccc(Cl)c(Cl)c1)NC(=O)Cc1ccsc1. The van der Waals surface area contributed by atoms with Crippen LogP contribution >= 0.6 is 34.5 Å². The molecule has 2 rings (SSSR count). The Hall–Kier alpha value is -1.56. The number of carbonyl (C=O) groups excluding carboxylic acids is 1. The maximum absolute atomic E-state index is 12.1. The third kappa shape index (κ3) is 5.86. The van der Waals surface area contributed by atoms with Crippen LogP contribution in [0.3, 0.4) is 0 Å². The highest BCUT2D eigenvalue weighted by molar-refractivity contribution is 7.08. The van der Waals surface area contributed by atoms with Crippen LogP contribution in [-0.4, -0.2) is 23.0 Å². The molecule has 0 unspecified atom stereocenters. The number of benzene rings is 1. The van der Waals surface area contributed by atoms with Crippen LogP contribution in [0.1, 0.15) is 17.5 Å². The minimum atomic E-state index is -0.967. The smallest absolute Gasteiger partial charge is 0.305 e. The minimum absolute atomic E-state index is 0.157. The van der Waals surface area contributed by atoms with Crippen molar-refractivity contribution < 1.29 is 14.7 Å². The number of carbonyl (C=O) groups is 2. The number of halogens is 2. The first-order valence-electron chi connectivity index (χ1n) is 6.90. The molecule has 2 aromatic rings. The molecule has 2 N–H and O–H groups in total. The predicted octanol–water partition coefficient (Wildman–Crippen LogP) is 3.80. The van der Waals surface area contributed by atoms with Crippen LogP contribution in [0.15, 0.2) is 35.0 Å². The molecule has 1 aromatic heterocycles. The van der Waals surface area contributed by atoms with E-state index in [1.807, 2.05) is 16.8 Å². The Kier molecular flexibility index (Phi) is 6.45. The zero-order valence-corrected chi connectivity index (χ0v) is 14.4. The van der Waals surface area contributed by atoms with Gasteiger partial charge in [0.15, 0.2) is 0 Å². The van der Waals surface area contributed by atoms with Crippen molar-refractivity contribution in [3.63, 3.8) is 0 Å². The standard InChI is InChI=1S/C16H15Cl2NO3S/c17-13-2-1-10(6-14(13)18)5-12(8-16(21)22)19-15(20)7-11-3-4-23-9-11/h1-4,6,9,12H,5,7-8H2,(H,19,20)(H,21,22)/t12-/m0/s1. The number of hydrogen-bond donors (Lipinski definition) is 2. The van der Waals surface area contributed by atoms with Gasteiger partial charge in [-0.3, -0.25) is 9.59 Å². The molecular formula is C16H15Cl2NO3S. The quantitative estimate of drug-likeness (QED) is 0.777. The molecule has 0 saturated carbocycles. The molecular weight excluding hydrogens is 357 g/mol. The van der Waals surface area contributed by atoms with Crippen molar-refractivity contribution in [1.82, 2.24) is 5.32 Å². The molecule has 122 valence electrons. The van der Waals surface area contributed by atoms with E-state index in [-0.39, 0.29) is 18.7 Å². The Labute approximate surface area is 148 Å². The summed E-state index contributed by atoms with van der Waals surface area (Å²) in [5.74, 6) is -1.17. The lowest BCUT2D eigenvalue weighted by atomic mass is 10.0. The lowest BCUT2D eigenvalue weighted by Crippen LogP contribution is -2.38. The van der Waals surface area contributed by atoms with E-state index in [0.29, 0.717) is 16.5 Å². The normalized spacial score (nSPS) is 11.9. The first-order chi connectivity index (χ1) is 10.9. The number of carboxylic acids is 1. The van der Waals surface area contributed by atoms with E-state index in [1.54, 1.807) is 18.2 Å². The predicted molar refractivity (Wildman–Crippen MR) is 92.4 cm³/mol. The van der Waals surface area contributed by atoms with E-state index in [1.165, 1.54) is 11.3 Å². The molecule has 0 spiro atoms. The summed E-state index contributed by atoms with van der Waals surface area (Å²) in [7, 11) is 0. The summed E-state index contributed by atoms with van der Waals surface area (Å²) in [5.41, 5.74) is 1.73. The molecule has 7 heteroatoms. The summed E-state index contributed by atoms with van der Waals surface area (Å²) < 4.78 is 0. The van der Waals surface area contributed by atoms with Gasteiger partial charge in [-0.05, 0) is 46.5 Å². The van der Waals surface area contributed by atoms with E-state index in [0.717, 1.165) is 11.1 Å². The lowest BCUT2D eigenvalue weighted by molar-refractivity contribution is -0.137. The Morgan fingerprint density at radius 3 is 2.57 bits per heavy atom. The topological polar surface area (TPSA) is 66.4 Å². The molecule has 1 heterocycles. The molecule has 0 aliphatic heterocycles. The summed E-state index contributed by atoms with van der Waals surface area (Å²) >= 11 is 13.4. The van der Waals surface area contributed by atoms with Crippen LogP contribution in [0.4, 0.5) is 0 Å². The van der Waals surface area contributed by atoms with Gasteiger partial charge in [-0.25, -0.2) is 0 Å². The number of amides is 1. The monoisotopic (exact) mass is 371 g/mol. The van der Waals surface area contributed by atoms with Gasteiger partial charge in [-0.1, -0.05) is 29.3 Å². The Bertz CT molecular complexity index is 689. The van der Waals surface area contributed by atoms with Crippen LogP contribution in [-0.2, 0) is 22.4 Å². The van der Waals surface area contributed by atoms with Gasteiger partial charge in [0, 0.05) is 6.04 Å². The molecule has 0 radical (unpaired) electrons. The van der Waals surface area contributed by atoms with Gasteiger partial charge in [0.1, 0.15) is 0 Å². The highest BCUT2D eigenvalue weighted by atomic mass is 35.5. The van der Waals surface area contributed by atoms with Crippen molar-refractivity contribution in [1.29, 1.82) is 0 Å². The van der Waals surface area contributed by atoms with Crippen LogP contribution in [0.2, 0.25) is 10.0 Å². The molecule has 0 saturated heterocycles. The van der Waals surface area contributed by atoms with Crippen LogP contribution in [0.25, 0.3) is 0 Å². The molecule has 4 nitrogen and oxygen atoms in total. The molecule has 23 heavy (non-hydrogen) atoms. The summed E-state index contributed by atoms with van der Waals surface area (Å²) in [6.07, 6.45) is 0.454. The molecule has 1 atom stereocenters. The van der Waals surface area contributed by atoms with Crippen LogP contribution < -0.4 is 5.32 Å².